The summed E-state index contributed by atoms with van der Waals surface area (Å²) in [5.41, 5.74) is 4.41. The first-order chi connectivity index (χ1) is 9.69. The Morgan fingerprint density at radius 1 is 1.25 bits per heavy atom. The average molecular weight is 266 g/mol. The standard InChI is InChI=1S/C16H18N4/c1-11-14(10-20(3)19-11)16(17-2)13-8-12-6-4-5-7-15(12)18-9-13/h4-10,16-17H,1-3H3. The molecule has 102 valence electrons. The second kappa shape index (κ2) is 5.06. The van der Waals surface area contributed by atoms with Crippen molar-refractivity contribution in [2.24, 2.45) is 7.05 Å². The van der Waals surface area contributed by atoms with Gasteiger partial charge in [-0.25, -0.2) is 0 Å². The van der Waals surface area contributed by atoms with Crippen molar-refractivity contribution in [3.05, 3.63) is 59.5 Å². The molecule has 4 nitrogen and oxygen atoms in total. The molecule has 0 aliphatic carbocycles. The van der Waals surface area contributed by atoms with Gasteiger partial charge in [-0.2, -0.15) is 5.10 Å². The molecular weight excluding hydrogens is 248 g/mol. The van der Waals surface area contributed by atoms with E-state index in [4.69, 9.17) is 0 Å². The zero-order valence-corrected chi connectivity index (χ0v) is 12.0. The van der Waals surface area contributed by atoms with E-state index in [1.54, 1.807) is 0 Å². The fourth-order valence-corrected chi connectivity index (χ4v) is 2.65. The minimum atomic E-state index is 0.112. The van der Waals surface area contributed by atoms with Gasteiger partial charge in [-0.3, -0.25) is 9.67 Å². The molecule has 0 spiro atoms. The summed E-state index contributed by atoms with van der Waals surface area (Å²) in [7, 11) is 3.91. The first-order valence-electron chi connectivity index (χ1n) is 6.71. The summed E-state index contributed by atoms with van der Waals surface area (Å²) in [5.74, 6) is 0. The van der Waals surface area contributed by atoms with E-state index in [9.17, 15) is 0 Å². The number of aromatic nitrogens is 3. The van der Waals surface area contributed by atoms with Gasteiger partial charge in [0.1, 0.15) is 0 Å². The minimum absolute atomic E-state index is 0.112. The number of fused-ring (bicyclic) bond motifs is 1. The second-order valence-corrected chi connectivity index (χ2v) is 5.03. The van der Waals surface area contributed by atoms with E-state index in [0.717, 1.165) is 22.2 Å². The maximum atomic E-state index is 4.54. The molecule has 1 atom stereocenters. The average Bonchev–Trinajstić information content (AvgIpc) is 2.78. The summed E-state index contributed by atoms with van der Waals surface area (Å²) in [6.07, 6.45) is 4.00. The lowest BCUT2D eigenvalue weighted by Crippen LogP contribution is -2.18. The van der Waals surface area contributed by atoms with Crippen molar-refractivity contribution in [1.82, 2.24) is 20.1 Å². The normalized spacial score (nSPS) is 12.8. The van der Waals surface area contributed by atoms with Crippen LogP contribution in [0.15, 0.2) is 42.7 Å². The summed E-state index contributed by atoms with van der Waals surface area (Å²) in [6, 6.07) is 10.5. The fraction of sp³-hybridized carbons (Fsp3) is 0.250. The lowest BCUT2D eigenvalue weighted by atomic mass is 10.00. The maximum absolute atomic E-state index is 4.54. The molecule has 3 rings (SSSR count). The molecule has 0 saturated heterocycles. The lowest BCUT2D eigenvalue weighted by molar-refractivity contribution is 0.685. The van der Waals surface area contributed by atoms with Crippen molar-refractivity contribution in [3.8, 4) is 0 Å². The van der Waals surface area contributed by atoms with Crippen molar-refractivity contribution in [1.29, 1.82) is 0 Å². The minimum Gasteiger partial charge on any atom is -0.309 e. The Kier molecular flexibility index (Phi) is 3.24. The van der Waals surface area contributed by atoms with Crippen LogP contribution in [0.25, 0.3) is 10.9 Å². The van der Waals surface area contributed by atoms with Crippen molar-refractivity contribution >= 4 is 10.9 Å². The molecule has 1 aromatic carbocycles. The second-order valence-electron chi connectivity index (χ2n) is 5.03. The molecule has 0 radical (unpaired) electrons. The molecule has 0 aliphatic rings. The van der Waals surface area contributed by atoms with Crippen LogP contribution in [-0.2, 0) is 7.05 Å². The maximum Gasteiger partial charge on any atom is 0.0702 e. The van der Waals surface area contributed by atoms with E-state index in [1.165, 1.54) is 5.56 Å². The third kappa shape index (κ3) is 2.18. The molecule has 1 N–H and O–H groups in total. The highest BCUT2D eigenvalue weighted by Crippen LogP contribution is 2.25. The van der Waals surface area contributed by atoms with Crippen LogP contribution in [0.4, 0.5) is 0 Å². The summed E-state index contributed by atoms with van der Waals surface area (Å²) in [6.45, 7) is 2.04. The van der Waals surface area contributed by atoms with Gasteiger partial charge in [-0.05, 0) is 31.7 Å². The Hall–Kier alpha value is -2.20. The van der Waals surface area contributed by atoms with Gasteiger partial charge in [-0.15, -0.1) is 0 Å². The Morgan fingerprint density at radius 3 is 2.75 bits per heavy atom. The summed E-state index contributed by atoms with van der Waals surface area (Å²) in [5, 5.41) is 8.94. The first-order valence-corrected chi connectivity index (χ1v) is 6.71. The van der Waals surface area contributed by atoms with E-state index >= 15 is 0 Å². The monoisotopic (exact) mass is 266 g/mol. The van der Waals surface area contributed by atoms with Gasteiger partial charge in [0.2, 0.25) is 0 Å². The molecule has 2 aromatic heterocycles. The molecular formula is C16H18N4. The molecule has 0 aliphatic heterocycles. The van der Waals surface area contributed by atoms with Crippen LogP contribution in [0.1, 0.15) is 22.9 Å². The topological polar surface area (TPSA) is 42.7 Å². The summed E-state index contributed by atoms with van der Waals surface area (Å²) in [4.78, 5) is 4.54. The molecule has 4 heteroatoms. The van der Waals surface area contributed by atoms with E-state index in [-0.39, 0.29) is 6.04 Å². The van der Waals surface area contributed by atoms with Gasteiger partial charge in [0.15, 0.2) is 0 Å². The molecule has 0 saturated carbocycles. The number of aryl methyl sites for hydroxylation is 2. The van der Waals surface area contributed by atoms with E-state index < -0.39 is 0 Å². The van der Waals surface area contributed by atoms with Gasteiger partial charge in [0.25, 0.3) is 0 Å². The number of hydrogen-bond acceptors (Lipinski definition) is 3. The molecule has 20 heavy (non-hydrogen) atoms. The van der Waals surface area contributed by atoms with Crippen LogP contribution < -0.4 is 5.32 Å². The third-order valence-corrected chi connectivity index (χ3v) is 3.60. The fourth-order valence-electron chi connectivity index (χ4n) is 2.65. The van der Waals surface area contributed by atoms with E-state index in [1.807, 2.05) is 50.1 Å². The number of para-hydroxylation sites is 1. The number of benzene rings is 1. The van der Waals surface area contributed by atoms with Crippen molar-refractivity contribution in [2.45, 2.75) is 13.0 Å². The smallest absolute Gasteiger partial charge is 0.0702 e. The highest BCUT2D eigenvalue weighted by molar-refractivity contribution is 5.79. The van der Waals surface area contributed by atoms with Crippen LogP contribution in [0.5, 0.6) is 0 Å². The predicted octanol–water partition coefficient (Wildman–Crippen LogP) is 2.59. The SMILES string of the molecule is CNC(c1cnc2ccccc2c1)c1cn(C)nc1C. The molecule has 0 bridgehead atoms. The van der Waals surface area contributed by atoms with E-state index in [2.05, 4.69) is 33.7 Å². The van der Waals surface area contributed by atoms with Crippen molar-refractivity contribution in [3.63, 3.8) is 0 Å². The highest BCUT2D eigenvalue weighted by atomic mass is 15.3. The number of nitrogens with zero attached hydrogens (tertiary/aromatic N) is 3. The Balaban J connectivity index is 2.09. The van der Waals surface area contributed by atoms with Crippen LogP contribution in [0.2, 0.25) is 0 Å². The summed E-state index contributed by atoms with van der Waals surface area (Å²) >= 11 is 0. The molecule has 2 heterocycles. The van der Waals surface area contributed by atoms with Crippen LogP contribution >= 0.6 is 0 Å². The molecule has 3 aromatic rings. The number of nitrogens with one attached hydrogen (secondary N) is 1. The number of rotatable bonds is 3. The van der Waals surface area contributed by atoms with Crippen LogP contribution in [-0.4, -0.2) is 21.8 Å². The molecule has 0 amide bonds. The van der Waals surface area contributed by atoms with Crippen molar-refractivity contribution in [2.75, 3.05) is 7.05 Å². The van der Waals surface area contributed by atoms with Gasteiger partial charge in [0.05, 0.1) is 17.3 Å². The van der Waals surface area contributed by atoms with Crippen molar-refractivity contribution < 1.29 is 0 Å². The number of pyridine rings is 1. The lowest BCUT2D eigenvalue weighted by Gasteiger charge is -2.16. The quantitative estimate of drug-likeness (QED) is 0.792. The van der Waals surface area contributed by atoms with Gasteiger partial charge < -0.3 is 5.32 Å². The first kappa shape index (κ1) is 12.8. The zero-order valence-electron chi connectivity index (χ0n) is 12.0. The summed E-state index contributed by atoms with van der Waals surface area (Å²) < 4.78 is 1.85. The largest absolute Gasteiger partial charge is 0.309 e. The third-order valence-electron chi connectivity index (χ3n) is 3.60. The predicted molar refractivity (Wildman–Crippen MR) is 80.6 cm³/mol. The highest BCUT2D eigenvalue weighted by Gasteiger charge is 2.17. The zero-order chi connectivity index (χ0) is 14.1. The van der Waals surface area contributed by atoms with Gasteiger partial charge in [-0.1, -0.05) is 18.2 Å². The Morgan fingerprint density at radius 2 is 2.05 bits per heavy atom. The van der Waals surface area contributed by atoms with Crippen LogP contribution in [0, 0.1) is 6.92 Å². The Bertz CT molecular complexity index is 745. The molecule has 1 unspecified atom stereocenters. The number of hydrogen-bond donors (Lipinski definition) is 1. The van der Waals surface area contributed by atoms with Crippen LogP contribution in [0.3, 0.4) is 0 Å². The Labute approximate surface area is 118 Å². The molecule has 0 fully saturated rings. The van der Waals surface area contributed by atoms with Gasteiger partial charge >= 0.3 is 0 Å². The van der Waals surface area contributed by atoms with E-state index in [0.29, 0.717) is 0 Å². The van der Waals surface area contributed by atoms with Gasteiger partial charge in [0, 0.05) is 30.4 Å².